The maximum atomic E-state index is 15.6. The van der Waals surface area contributed by atoms with E-state index in [0.717, 1.165) is 6.07 Å². The fraction of sp³-hybridized carbons (Fsp3) is 0.517. The third-order valence-electron chi connectivity index (χ3n) is 8.51. The minimum Gasteiger partial charge on any atom is -0.481 e. The number of carboxylic acids is 1. The summed E-state index contributed by atoms with van der Waals surface area (Å²) in [6.07, 6.45) is 1.89. The zero-order chi connectivity index (χ0) is 31.3. The number of rotatable bonds is 9. The topological polar surface area (TPSA) is 120 Å². The van der Waals surface area contributed by atoms with Crippen LogP contribution in [-0.4, -0.2) is 89.0 Å². The summed E-state index contributed by atoms with van der Waals surface area (Å²) in [5.41, 5.74) is -0.0673. The third kappa shape index (κ3) is 5.89. The van der Waals surface area contributed by atoms with Gasteiger partial charge in [-0.25, -0.2) is 22.9 Å². The lowest BCUT2D eigenvalue weighted by Crippen LogP contribution is -2.46. The van der Waals surface area contributed by atoms with E-state index >= 15 is 8.78 Å². The van der Waals surface area contributed by atoms with Gasteiger partial charge < -0.3 is 19.6 Å². The number of nitrogens with zero attached hydrogens (tertiary/aromatic N) is 4. The van der Waals surface area contributed by atoms with Crippen molar-refractivity contribution in [2.24, 2.45) is 10.4 Å². The number of hydrogen-bond donors (Lipinski definition) is 2. The van der Waals surface area contributed by atoms with Crippen molar-refractivity contribution in [2.75, 3.05) is 33.3 Å². The van der Waals surface area contributed by atoms with E-state index in [9.17, 15) is 19.1 Å². The Kier molecular flexibility index (Phi) is 8.36. The first-order valence-electron chi connectivity index (χ1n) is 13.8. The first kappa shape index (κ1) is 31.0. The second-order valence-corrected chi connectivity index (χ2v) is 12.2. The molecule has 3 aliphatic heterocycles. The standard InChI is InChI=1S/C29H33ClF3N5O5/c1-15-22(34-14-43-15)25-35-19(21(26(39)42-4)23(36-25)17-6-5-16(31)11-18(17)30)12-38-13-29(32,33)24-20(38)7-9-37(24)10-8-28(2,3)27(40)41/h5-6,11,14,20,23-24H,7-10,12-13H2,1-4H3,(H,35,36)(H,40,41)/t20-,23?,24+/m0/s1. The number of alkyl halides is 2. The molecule has 232 valence electrons. The van der Waals surface area contributed by atoms with Crippen LogP contribution in [0.1, 0.15) is 49.7 Å². The van der Waals surface area contributed by atoms with Crippen LogP contribution in [0.25, 0.3) is 0 Å². The molecule has 43 heavy (non-hydrogen) atoms. The van der Waals surface area contributed by atoms with Crippen molar-refractivity contribution in [1.82, 2.24) is 20.1 Å². The molecule has 2 saturated heterocycles. The Morgan fingerprint density at radius 3 is 2.67 bits per heavy atom. The van der Waals surface area contributed by atoms with Gasteiger partial charge in [0.15, 0.2) is 12.2 Å². The van der Waals surface area contributed by atoms with Crippen molar-refractivity contribution in [2.45, 2.75) is 57.7 Å². The number of aryl methyl sites for hydroxylation is 1. The predicted octanol–water partition coefficient (Wildman–Crippen LogP) is 4.19. The minimum atomic E-state index is -3.09. The van der Waals surface area contributed by atoms with Gasteiger partial charge in [0.05, 0.1) is 30.7 Å². The number of likely N-dealkylation sites (tertiary alicyclic amines) is 2. The van der Waals surface area contributed by atoms with E-state index in [-0.39, 0.29) is 41.6 Å². The number of aliphatic imine (C=N–C) groups is 1. The fourth-order valence-corrected chi connectivity index (χ4v) is 6.35. The van der Waals surface area contributed by atoms with Crippen molar-refractivity contribution in [3.63, 3.8) is 0 Å². The molecule has 1 aromatic heterocycles. The second kappa shape index (κ2) is 11.6. The highest BCUT2D eigenvalue weighted by molar-refractivity contribution is 6.31. The number of fused-ring (bicyclic) bond motifs is 1. The van der Waals surface area contributed by atoms with Gasteiger partial charge in [-0.1, -0.05) is 17.7 Å². The van der Waals surface area contributed by atoms with E-state index in [2.05, 4.69) is 15.3 Å². The Hall–Kier alpha value is -3.42. The summed E-state index contributed by atoms with van der Waals surface area (Å²) >= 11 is 6.42. The highest BCUT2D eigenvalue weighted by Gasteiger charge is 2.59. The molecule has 0 bridgehead atoms. The van der Waals surface area contributed by atoms with Crippen molar-refractivity contribution in [3.8, 4) is 0 Å². The van der Waals surface area contributed by atoms with Crippen LogP contribution in [0.3, 0.4) is 0 Å². The summed E-state index contributed by atoms with van der Waals surface area (Å²) in [4.78, 5) is 37.1. The summed E-state index contributed by atoms with van der Waals surface area (Å²) in [6.45, 7) is 4.78. The SMILES string of the molecule is COC(=O)C1=C(CN2CC(F)(F)[C@H]3[C@@H]2CCN3CCC(C)(C)C(=O)O)NC(c2ncoc2C)=NC1c1ccc(F)cc1Cl. The zero-order valence-corrected chi connectivity index (χ0v) is 24.9. The molecule has 2 fully saturated rings. The van der Waals surface area contributed by atoms with Crippen LogP contribution in [-0.2, 0) is 14.3 Å². The lowest BCUT2D eigenvalue weighted by Gasteiger charge is -2.31. The number of carbonyl (C=O) groups excluding carboxylic acids is 1. The molecule has 0 radical (unpaired) electrons. The molecular weight excluding hydrogens is 591 g/mol. The zero-order valence-electron chi connectivity index (χ0n) is 24.2. The summed E-state index contributed by atoms with van der Waals surface area (Å²) in [7, 11) is 1.20. The van der Waals surface area contributed by atoms with Crippen molar-refractivity contribution >= 4 is 29.4 Å². The first-order chi connectivity index (χ1) is 20.2. The molecule has 3 atom stereocenters. The van der Waals surface area contributed by atoms with Crippen molar-refractivity contribution < 1.29 is 37.0 Å². The second-order valence-electron chi connectivity index (χ2n) is 11.8. The van der Waals surface area contributed by atoms with Crippen molar-refractivity contribution in [3.05, 3.63) is 63.7 Å². The van der Waals surface area contributed by atoms with Gasteiger partial charge in [-0.2, -0.15) is 0 Å². The number of benzene rings is 1. The molecular formula is C29H33ClF3N5O5. The summed E-state index contributed by atoms with van der Waals surface area (Å²) in [5, 5.41) is 12.6. The number of ether oxygens (including phenoxy) is 1. The van der Waals surface area contributed by atoms with Crippen LogP contribution in [0.15, 0.2) is 45.3 Å². The van der Waals surface area contributed by atoms with Gasteiger partial charge in [-0.15, -0.1) is 0 Å². The number of aliphatic carboxylic acids is 1. The van der Waals surface area contributed by atoms with E-state index in [1.54, 1.807) is 30.6 Å². The average Bonchev–Trinajstić information content (AvgIpc) is 3.63. The summed E-state index contributed by atoms with van der Waals surface area (Å²) < 4.78 is 55.6. The Bertz CT molecular complexity index is 1490. The molecule has 3 aliphatic rings. The Labute approximate surface area is 251 Å². The molecule has 1 aromatic carbocycles. The summed E-state index contributed by atoms with van der Waals surface area (Å²) in [5.74, 6) is -4.74. The van der Waals surface area contributed by atoms with Crippen LogP contribution < -0.4 is 5.32 Å². The molecule has 2 N–H and O–H groups in total. The molecule has 0 saturated carbocycles. The van der Waals surface area contributed by atoms with Gasteiger partial charge in [0.1, 0.15) is 23.3 Å². The van der Waals surface area contributed by atoms with Gasteiger partial charge in [0.2, 0.25) is 0 Å². The quantitative estimate of drug-likeness (QED) is 0.396. The maximum absolute atomic E-state index is 15.6. The molecule has 5 rings (SSSR count). The highest BCUT2D eigenvalue weighted by Crippen LogP contribution is 2.43. The van der Waals surface area contributed by atoms with Gasteiger partial charge in [-0.3, -0.25) is 19.6 Å². The molecule has 0 amide bonds. The van der Waals surface area contributed by atoms with Crippen molar-refractivity contribution in [1.29, 1.82) is 0 Å². The Balaban J connectivity index is 1.51. The molecule has 10 nitrogen and oxygen atoms in total. The number of esters is 1. The number of oxazole rings is 1. The van der Waals surface area contributed by atoms with Crippen LogP contribution >= 0.6 is 11.6 Å². The molecule has 0 spiro atoms. The molecule has 4 heterocycles. The number of aromatic nitrogens is 1. The third-order valence-corrected chi connectivity index (χ3v) is 8.83. The number of hydrogen-bond acceptors (Lipinski definition) is 9. The Morgan fingerprint density at radius 1 is 1.30 bits per heavy atom. The molecule has 0 aliphatic carbocycles. The van der Waals surface area contributed by atoms with Gasteiger partial charge in [0, 0.05) is 35.4 Å². The number of carboxylic acid groups (broad SMARTS) is 1. The number of nitrogens with one attached hydrogen (secondary N) is 1. The maximum Gasteiger partial charge on any atom is 0.338 e. The molecule has 1 unspecified atom stereocenters. The van der Waals surface area contributed by atoms with E-state index in [1.165, 1.54) is 25.6 Å². The fourth-order valence-electron chi connectivity index (χ4n) is 6.08. The Morgan fingerprint density at radius 2 is 2.05 bits per heavy atom. The molecule has 14 heteroatoms. The van der Waals surface area contributed by atoms with E-state index < -0.39 is 53.8 Å². The lowest BCUT2D eigenvalue weighted by molar-refractivity contribution is -0.147. The average molecular weight is 624 g/mol. The largest absolute Gasteiger partial charge is 0.481 e. The number of amidine groups is 1. The van der Waals surface area contributed by atoms with Crippen LogP contribution in [0, 0.1) is 18.2 Å². The number of carbonyl (C=O) groups is 2. The van der Waals surface area contributed by atoms with E-state index in [0.29, 0.717) is 30.0 Å². The lowest BCUT2D eigenvalue weighted by atomic mass is 9.89. The van der Waals surface area contributed by atoms with Crippen LogP contribution in [0.2, 0.25) is 5.02 Å². The smallest absolute Gasteiger partial charge is 0.338 e. The predicted molar refractivity (Wildman–Crippen MR) is 150 cm³/mol. The number of methoxy groups -OCH3 is 1. The van der Waals surface area contributed by atoms with E-state index in [4.69, 9.17) is 20.8 Å². The minimum absolute atomic E-state index is 0.0242. The normalized spacial score (nSPS) is 24.1. The number of halogens is 4. The van der Waals surface area contributed by atoms with Gasteiger partial charge >= 0.3 is 11.9 Å². The molecule has 2 aromatic rings. The summed E-state index contributed by atoms with van der Waals surface area (Å²) in [6, 6.07) is 0.988. The van der Waals surface area contributed by atoms with Crippen LogP contribution in [0.4, 0.5) is 13.2 Å². The van der Waals surface area contributed by atoms with Crippen LogP contribution in [0.5, 0.6) is 0 Å². The van der Waals surface area contributed by atoms with Gasteiger partial charge in [-0.05, 0) is 52.3 Å². The monoisotopic (exact) mass is 623 g/mol. The van der Waals surface area contributed by atoms with Gasteiger partial charge in [0.25, 0.3) is 5.92 Å². The highest BCUT2D eigenvalue weighted by atomic mass is 35.5. The van der Waals surface area contributed by atoms with E-state index in [1.807, 2.05) is 0 Å². The first-order valence-corrected chi connectivity index (χ1v) is 14.2.